The van der Waals surface area contributed by atoms with E-state index in [1.165, 1.54) is 0 Å². The quantitative estimate of drug-likeness (QED) is 0.761. The number of hydrogen-bond acceptors (Lipinski definition) is 3. The molecule has 0 radical (unpaired) electrons. The molecule has 4 nitrogen and oxygen atoms in total. The largest absolute Gasteiger partial charge is 0.273 e. The van der Waals surface area contributed by atoms with Crippen molar-refractivity contribution in [3.8, 4) is 0 Å². The van der Waals surface area contributed by atoms with Gasteiger partial charge < -0.3 is 0 Å². The number of hydrogen-bond donors (Lipinski definition) is 1. The lowest BCUT2D eigenvalue weighted by molar-refractivity contribution is -0.127. The third-order valence-corrected chi connectivity index (χ3v) is 3.84. The summed E-state index contributed by atoms with van der Waals surface area (Å²) in [6.45, 7) is 7.24. The van der Waals surface area contributed by atoms with Crippen molar-refractivity contribution in [2.75, 3.05) is 5.75 Å². The smallest absolute Gasteiger partial charge is 0.239 e. The summed E-state index contributed by atoms with van der Waals surface area (Å²) in [6, 6.07) is 0. The Balaban J connectivity index is 4.41. The molecule has 0 unspecified atom stereocenters. The number of carbonyl (C=O) groups excluding carboxylic acids is 1. The van der Waals surface area contributed by atoms with Crippen LogP contribution in [0.3, 0.4) is 0 Å². The number of amides is 1. The number of rotatable bonds is 6. The fourth-order valence-electron chi connectivity index (χ4n) is 0.825. The number of nitrogens with one attached hydrogen (secondary N) is 1. The van der Waals surface area contributed by atoms with Crippen molar-refractivity contribution in [2.45, 2.75) is 47.0 Å². The Morgan fingerprint density at radius 1 is 1.27 bits per heavy atom. The first-order chi connectivity index (χ1) is 6.75. The van der Waals surface area contributed by atoms with Gasteiger partial charge in [-0.1, -0.05) is 34.1 Å². The molecule has 0 spiro atoms. The molecule has 0 aromatic carbocycles. The van der Waals surface area contributed by atoms with Crippen molar-refractivity contribution in [1.29, 1.82) is 0 Å². The Hall–Kier alpha value is -0.580. The summed E-state index contributed by atoms with van der Waals surface area (Å²) < 4.78 is 25.0. The number of sulfonamides is 1. The number of unbranched alkanes of at least 4 members (excludes halogenated alkanes) is 1. The van der Waals surface area contributed by atoms with Gasteiger partial charge in [0.1, 0.15) is 0 Å². The summed E-state index contributed by atoms with van der Waals surface area (Å²) in [6.07, 6.45) is 1.99. The lowest BCUT2D eigenvalue weighted by Gasteiger charge is -2.21. The minimum Gasteiger partial charge on any atom is -0.273 e. The van der Waals surface area contributed by atoms with E-state index < -0.39 is 21.3 Å². The van der Waals surface area contributed by atoms with Crippen LogP contribution in [0.15, 0.2) is 0 Å². The molecule has 1 N–H and O–H groups in total. The van der Waals surface area contributed by atoms with Gasteiger partial charge in [0.2, 0.25) is 15.9 Å². The second kappa shape index (κ2) is 5.49. The summed E-state index contributed by atoms with van der Waals surface area (Å²) >= 11 is 0. The maximum Gasteiger partial charge on any atom is 0.239 e. The third kappa shape index (κ3) is 5.16. The van der Waals surface area contributed by atoms with Crippen LogP contribution < -0.4 is 4.72 Å². The highest BCUT2D eigenvalue weighted by Gasteiger charge is 2.28. The van der Waals surface area contributed by atoms with Gasteiger partial charge in [-0.3, -0.25) is 9.52 Å². The average Bonchev–Trinajstić information content (AvgIpc) is 2.14. The van der Waals surface area contributed by atoms with Gasteiger partial charge >= 0.3 is 0 Å². The Morgan fingerprint density at radius 2 is 1.80 bits per heavy atom. The molecular weight excluding hydrogens is 214 g/mol. The molecule has 0 aliphatic heterocycles. The molecule has 1 amide bonds. The van der Waals surface area contributed by atoms with Gasteiger partial charge in [-0.25, -0.2) is 8.42 Å². The molecule has 0 bridgehead atoms. The van der Waals surface area contributed by atoms with Crippen molar-refractivity contribution in [1.82, 2.24) is 4.72 Å². The second-order valence-corrected chi connectivity index (χ2v) is 6.18. The van der Waals surface area contributed by atoms with Crippen molar-refractivity contribution < 1.29 is 13.2 Å². The maximum absolute atomic E-state index is 11.6. The van der Waals surface area contributed by atoms with E-state index in [9.17, 15) is 13.2 Å². The van der Waals surface area contributed by atoms with E-state index >= 15 is 0 Å². The van der Waals surface area contributed by atoms with E-state index in [1.54, 1.807) is 13.8 Å². The monoisotopic (exact) mass is 235 g/mol. The molecular formula is C10H21NO3S. The molecule has 15 heavy (non-hydrogen) atoms. The van der Waals surface area contributed by atoms with Gasteiger partial charge in [0.05, 0.1) is 5.75 Å². The first-order valence-corrected chi connectivity index (χ1v) is 6.95. The van der Waals surface area contributed by atoms with Crippen molar-refractivity contribution in [3.63, 3.8) is 0 Å². The SMILES string of the molecule is CCCCS(=O)(=O)NC(=O)C(C)(C)CC. The fourth-order valence-corrected chi connectivity index (χ4v) is 2.15. The van der Waals surface area contributed by atoms with E-state index in [-0.39, 0.29) is 5.75 Å². The van der Waals surface area contributed by atoms with Gasteiger partial charge in [-0.05, 0) is 12.8 Å². The van der Waals surface area contributed by atoms with E-state index in [4.69, 9.17) is 0 Å². The van der Waals surface area contributed by atoms with Crippen LogP contribution in [-0.4, -0.2) is 20.1 Å². The van der Waals surface area contributed by atoms with Crippen molar-refractivity contribution in [2.24, 2.45) is 5.41 Å². The van der Waals surface area contributed by atoms with Gasteiger partial charge in [0.15, 0.2) is 0 Å². The zero-order valence-corrected chi connectivity index (χ0v) is 10.8. The van der Waals surface area contributed by atoms with Gasteiger partial charge in [-0.15, -0.1) is 0 Å². The van der Waals surface area contributed by atoms with Crippen molar-refractivity contribution >= 4 is 15.9 Å². The Labute approximate surface area is 92.5 Å². The lowest BCUT2D eigenvalue weighted by atomic mass is 9.90. The van der Waals surface area contributed by atoms with E-state index in [0.29, 0.717) is 12.8 Å². The predicted octanol–water partition coefficient (Wildman–Crippen LogP) is 1.67. The molecule has 0 rings (SSSR count). The fraction of sp³-hybridized carbons (Fsp3) is 0.900. The van der Waals surface area contributed by atoms with Crippen molar-refractivity contribution in [3.05, 3.63) is 0 Å². The highest BCUT2D eigenvalue weighted by atomic mass is 32.2. The molecule has 0 aliphatic rings. The Morgan fingerprint density at radius 3 is 2.20 bits per heavy atom. The average molecular weight is 235 g/mol. The first-order valence-electron chi connectivity index (χ1n) is 5.30. The van der Waals surface area contributed by atoms with Crippen LogP contribution in [0.2, 0.25) is 0 Å². The van der Waals surface area contributed by atoms with Gasteiger partial charge in [0, 0.05) is 5.41 Å². The molecule has 0 fully saturated rings. The topological polar surface area (TPSA) is 63.2 Å². The summed E-state index contributed by atoms with van der Waals surface area (Å²) in [4.78, 5) is 11.6. The first kappa shape index (κ1) is 14.4. The van der Waals surface area contributed by atoms with Crippen LogP contribution in [0.1, 0.15) is 47.0 Å². The van der Waals surface area contributed by atoms with Crippen LogP contribution in [0.4, 0.5) is 0 Å². The van der Waals surface area contributed by atoms with Crippen LogP contribution in [0.5, 0.6) is 0 Å². The Bertz CT molecular complexity index is 307. The lowest BCUT2D eigenvalue weighted by Crippen LogP contribution is -2.41. The van der Waals surface area contributed by atoms with Gasteiger partial charge in [0.25, 0.3) is 0 Å². The predicted molar refractivity (Wildman–Crippen MR) is 60.9 cm³/mol. The molecule has 0 heterocycles. The van der Waals surface area contributed by atoms with E-state index in [1.807, 2.05) is 13.8 Å². The molecule has 0 aromatic rings. The third-order valence-electron chi connectivity index (χ3n) is 2.51. The van der Waals surface area contributed by atoms with Crippen LogP contribution in [-0.2, 0) is 14.8 Å². The van der Waals surface area contributed by atoms with E-state index in [0.717, 1.165) is 6.42 Å². The molecule has 90 valence electrons. The maximum atomic E-state index is 11.6. The summed E-state index contributed by atoms with van der Waals surface area (Å²) in [5.74, 6) is -0.393. The summed E-state index contributed by atoms with van der Waals surface area (Å²) in [7, 11) is -3.44. The molecule has 0 atom stereocenters. The standard InChI is InChI=1S/C10H21NO3S/c1-5-7-8-15(13,14)11-9(12)10(3,4)6-2/h5-8H2,1-4H3,(H,11,12). The highest BCUT2D eigenvalue weighted by Crippen LogP contribution is 2.19. The number of carbonyl (C=O) groups is 1. The second-order valence-electron chi connectivity index (χ2n) is 4.34. The Kier molecular flexibility index (Phi) is 5.28. The zero-order chi connectivity index (χ0) is 12.1. The summed E-state index contributed by atoms with van der Waals surface area (Å²) in [5, 5.41) is 0. The van der Waals surface area contributed by atoms with Crippen LogP contribution >= 0.6 is 0 Å². The van der Waals surface area contributed by atoms with Crippen LogP contribution in [0.25, 0.3) is 0 Å². The minimum atomic E-state index is -3.44. The highest BCUT2D eigenvalue weighted by molar-refractivity contribution is 7.90. The molecule has 0 saturated heterocycles. The van der Waals surface area contributed by atoms with Crippen LogP contribution in [0, 0.1) is 5.41 Å². The molecule has 0 aromatic heterocycles. The zero-order valence-electron chi connectivity index (χ0n) is 9.96. The normalized spacial score (nSPS) is 12.5. The summed E-state index contributed by atoms with van der Waals surface area (Å²) in [5.41, 5.74) is -0.626. The minimum absolute atomic E-state index is 0.0229. The van der Waals surface area contributed by atoms with E-state index in [2.05, 4.69) is 4.72 Å². The molecule has 0 saturated carbocycles. The van der Waals surface area contributed by atoms with Gasteiger partial charge in [-0.2, -0.15) is 0 Å². The molecule has 0 aliphatic carbocycles. The molecule has 5 heteroatoms.